The molecule has 0 radical (unpaired) electrons. The summed E-state index contributed by atoms with van der Waals surface area (Å²) in [5, 5.41) is 3.91. The van der Waals surface area contributed by atoms with Gasteiger partial charge in [-0.15, -0.1) is 0 Å². The zero-order valence-electron chi connectivity index (χ0n) is 11.7. The second kappa shape index (κ2) is 5.13. The van der Waals surface area contributed by atoms with Crippen LogP contribution in [-0.4, -0.2) is 4.98 Å². The van der Waals surface area contributed by atoms with Crippen LogP contribution in [0.5, 0.6) is 0 Å². The van der Waals surface area contributed by atoms with Crippen LogP contribution in [0.1, 0.15) is 11.1 Å². The number of aryl methyl sites for hydroxylation is 2. The third-order valence-corrected chi connectivity index (χ3v) is 3.64. The molecule has 0 amide bonds. The molecule has 0 unspecified atom stereocenters. The van der Waals surface area contributed by atoms with Gasteiger partial charge in [0.25, 0.3) is 0 Å². The molecule has 0 saturated carbocycles. The molecule has 3 rings (SSSR count). The Labute approximate surface area is 121 Å². The summed E-state index contributed by atoms with van der Waals surface area (Å²) in [6.45, 7) is 4.03. The first kappa shape index (κ1) is 13.5. The van der Waals surface area contributed by atoms with Gasteiger partial charge in [0.1, 0.15) is 11.6 Å². The molecule has 2 aromatic carbocycles. The van der Waals surface area contributed by atoms with Crippen molar-refractivity contribution in [3.63, 3.8) is 0 Å². The zero-order valence-corrected chi connectivity index (χ0v) is 11.7. The Morgan fingerprint density at radius 2 is 1.76 bits per heavy atom. The van der Waals surface area contributed by atoms with Crippen LogP contribution in [0, 0.1) is 25.5 Å². The van der Waals surface area contributed by atoms with E-state index in [0.29, 0.717) is 0 Å². The number of aromatic nitrogens is 1. The van der Waals surface area contributed by atoms with Crippen LogP contribution in [-0.2, 0) is 0 Å². The van der Waals surface area contributed by atoms with Crippen LogP contribution in [0.25, 0.3) is 10.9 Å². The number of rotatable bonds is 2. The van der Waals surface area contributed by atoms with Gasteiger partial charge >= 0.3 is 0 Å². The lowest BCUT2D eigenvalue weighted by molar-refractivity contribution is 0.586. The second-order valence-electron chi connectivity index (χ2n) is 5.01. The normalized spacial score (nSPS) is 10.9. The van der Waals surface area contributed by atoms with E-state index >= 15 is 0 Å². The first-order chi connectivity index (χ1) is 10.1. The highest BCUT2D eigenvalue weighted by Crippen LogP contribution is 2.29. The Hall–Kier alpha value is -2.49. The van der Waals surface area contributed by atoms with Crippen molar-refractivity contribution in [1.29, 1.82) is 0 Å². The quantitative estimate of drug-likeness (QED) is 0.726. The molecule has 1 aromatic heterocycles. The standard InChI is InChI=1S/C17H14F2N2/c1-10-3-5-13-15(7-8-20-17(13)11(10)2)21-16-6-4-12(18)9-14(16)19/h3-9H,1-2H3,(H,20,21). The largest absolute Gasteiger partial charge is 0.353 e. The molecule has 0 fully saturated rings. The lowest BCUT2D eigenvalue weighted by Gasteiger charge is -2.12. The summed E-state index contributed by atoms with van der Waals surface area (Å²) in [5.41, 5.74) is 4.11. The van der Waals surface area contributed by atoms with Gasteiger partial charge in [-0.25, -0.2) is 8.78 Å². The van der Waals surface area contributed by atoms with Crippen molar-refractivity contribution in [2.24, 2.45) is 0 Å². The van der Waals surface area contributed by atoms with Crippen molar-refractivity contribution in [3.05, 3.63) is 65.4 Å². The van der Waals surface area contributed by atoms with Gasteiger partial charge in [0, 0.05) is 23.3 Å². The smallest absolute Gasteiger partial charge is 0.149 e. The molecule has 0 saturated heterocycles. The molecule has 0 spiro atoms. The fourth-order valence-corrected chi connectivity index (χ4v) is 2.31. The lowest BCUT2D eigenvalue weighted by atomic mass is 10.0. The van der Waals surface area contributed by atoms with Crippen LogP contribution in [0.4, 0.5) is 20.2 Å². The summed E-state index contributed by atoms with van der Waals surface area (Å²) in [6, 6.07) is 9.21. The number of hydrogen-bond donors (Lipinski definition) is 1. The molecule has 0 aliphatic rings. The lowest BCUT2D eigenvalue weighted by Crippen LogP contribution is -1.97. The molecule has 106 valence electrons. The maximum absolute atomic E-state index is 13.8. The molecule has 1 N–H and O–H groups in total. The number of nitrogens with zero attached hydrogens (tertiary/aromatic N) is 1. The molecule has 0 atom stereocenters. The molecular formula is C17H14F2N2. The highest BCUT2D eigenvalue weighted by molar-refractivity contribution is 5.95. The summed E-state index contributed by atoms with van der Waals surface area (Å²) in [7, 11) is 0. The second-order valence-corrected chi connectivity index (χ2v) is 5.01. The van der Waals surface area contributed by atoms with Crippen molar-refractivity contribution in [2.75, 3.05) is 5.32 Å². The molecule has 0 bridgehead atoms. The van der Waals surface area contributed by atoms with Crippen LogP contribution in [0.3, 0.4) is 0 Å². The SMILES string of the molecule is Cc1ccc2c(Nc3ccc(F)cc3F)ccnc2c1C. The van der Waals surface area contributed by atoms with E-state index in [4.69, 9.17) is 0 Å². The van der Waals surface area contributed by atoms with Gasteiger partial charge in [-0.2, -0.15) is 0 Å². The predicted molar refractivity (Wildman–Crippen MR) is 80.9 cm³/mol. The van der Waals surface area contributed by atoms with Crippen LogP contribution in [0.15, 0.2) is 42.6 Å². The minimum absolute atomic E-state index is 0.238. The van der Waals surface area contributed by atoms with Crippen molar-refractivity contribution in [2.45, 2.75) is 13.8 Å². The summed E-state index contributed by atoms with van der Waals surface area (Å²) in [6.07, 6.45) is 1.68. The monoisotopic (exact) mass is 284 g/mol. The maximum atomic E-state index is 13.8. The molecule has 0 aliphatic carbocycles. The van der Waals surface area contributed by atoms with E-state index in [2.05, 4.69) is 10.3 Å². The summed E-state index contributed by atoms with van der Waals surface area (Å²) in [5.74, 6) is -1.21. The summed E-state index contributed by atoms with van der Waals surface area (Å²) in [4.78, 5) is 4.39. The Morgan fingerprint density at radius 3 is 2.52 bits per heavy atom. The number of fused-ring (bicyclic) bond motifs is 1. The van der Waals surface area contributed by atoms with Gasteiger partial charge in [0.2, 0.25) is 0 Å². The molecule has 2 nitrogen and oxygen atoms in total. The topological polar surface area (TPSA) is 24.9 Å². The number of nitrogens with one attached hydrogen (secondary N) is 1. The number of benzene rings is 2. The maximum Gasteiger partial charge on any atom is 0.149 e. The number of anilines is 2. The fraction of sp³-hybridized carbons (Fsp3) is 0.118. The third-order valence-electron chi connectivity index (χ3n) is 3.64. The van der Waals surface area contributed by atoms with E-state index in [0.717, 1.165) is 33.8 Å². The zero-order chi connectivity index (χ0) is 15.0. The molecule has 1 heterocycles. The van der Waals surface area contributed by atoms with Gasteiger partial charge < -0.3 is 5.32 Å². The fourth-order valence-electron chi connectivity index (χ4n) is 2.31. The number of halogens is 2. The van der Waals surface area contributed by atoms with Crippen LogP contribution >= 0.6 is 0 Å². The van der Waals surface area contributed by atoms with E-state index in [1.54, 1.807) is 12.3 Å². The van der Waals surface area contributed by atoms with Gasteiger partial charge in [0.15, 0.2) is 0 Å². The van der Waals surface area contributed by atoms with E-state index < -0.39 is 11.6 Å². The predicted octanol–water partition coefficient (Wildman–Crippen LogP) is 4.87. The van der Waals surface area contributed by atoms with Crippen molar-refractivity contribution in [3.8, 4) is 0 Å². The Balaban J connectivity index is 2.11. The van der Waals surface area contributed by atoms with E-state index in [1.807, 2.05) is 26.0 Å². The molecule has 0 aliphatic heterocycles. The minimum Gasteiger partial charge on any atom is -0.353 e. The third kappa shape index (κ3) is 2.44. The van der Waals surface area contributed by atoms with E-state index in [-0.39, 0.29) is 5.69 Å². The van der Waals surface area contributed by atoms with Crippen LogP contribution < -0.4 is 5.32 Å². The van der Waals surface area contributed by atoms with Gasteiger partial charge in [-0.3, -0.25) is 4.98 Å². The van der Waals surface area contributed by atoms with Gasteiger partial charge in [0.05, 0.1) is 11.2 Å². The first-order valence-electron chi connectivity index (χ1n) is 6.63. The molecule has 21 heavy (non-hydrogen) atoms. The van der Waals surface area contributed by atoms with Gasteiger partial charge in [-0.05, 0) is 43.2 Å². The van der Waals surface area contributed by atoms with Crippen molar-refractivity contribution in [1.82, 2.24) is 4.98 Å². The molecular weight excluding hydrogens is 270 g/mol. The Morgan fingerprint density at radius 1 is 0.952 bits per heavy atom. The highest BCUT2D eigenvalue weighted by atomic mass is 19.1. The minimum atomic E-state index is -0.621. The molecule has 4 heteroatoms. The average molecular weight is 284 g/mol. The summed E-state index contributed by atoms with van der Waals surface area (Å²) < 4.78 is 26.7. The average Bonchev–Trinajstić information content (AvgIpc) is 2.46. The van der Waals surface area contributed by atoms with Crippen LogP contribution in [0.2, 0.25) is 0 Å². The number of hydrogen-bond acceptors (Lipinski definition) is 2. The van der Waals surface area contributed by atoms with E-state index in [9.17, 15) is 8.78 Å². The Bertz CT molecular complexity index is 828. The highest BCUT2D eigenvalue weighted by Gasteiger charge is 2.09. The van der Waals surface area contributed by atoms with Crippen molar-refractivity contribution < 1.29 is 8.78 Å². The Kier molecular flexibility index (Phi) is 3.29. The first-order valence-corrected chi connectivity index (χ1v) is 6.63. The summed E-state index contributed by atoms with van der Waals surface area (Å²) >= 11 is 0. The number of pyridine rings is 1. The van der Waals surface area contributed by atoms with E-state index in [1.165, 1.54) is 12.1 Å². The van der Waals surface area contributed by atoms with Gasteiger partial charge in [-0.1, -0.05) is 12.1 Å². The van der Waals surface area contributed by atoms with Crippen molar-refractivity contribution >= 4 is 22.3 Å². The molecule has 3 aromatic rings.